The van der Waals surface area contributed by atoms with Crippen LogP contribution in [0.25, 0.3) is 0 Å². The maximum atomic E-state index is 12.9. The van der Waals surface area contributed by atoms with Gasteiger partial charge < -0.3 is 0 Å². The van der Waals surface area contributed by atoms with Gasteiger partial charge in [0.05, 0.1) is 0 Å². The van der Waals surface area contributed by atoms with Gasteiger partial charge in [0.1, 0.15) is 5.82 Å². The third kappa shape index (κ3) is 2.78. The molecule has 1 aliphatic carbocycles. The van der Waals surface area contributed by atoms with Gasteiger partial charge in [-0.25, -0.2) is 4.39 Å². The minimum atomic E-state index is -0.344. The second kappa shape index (κ2) is 5.06. The summed E-state index contributed by atoms with van der Waals surface area (Å²) in [5.74, 6) is -0.323. The van der Waals surface area contributed by atoms with Crippen molar-refractivity contribution < 1.29 is 9.18 Å². The standard InChI is InChI=1S/C14H15FO/c15-13-8-4-7-12(10-13)14(16)9-11-5-2-1-3-6-11/h4-5,7-8,10H,1-3,6,9H2. The van der Waals surface area contributed by atoms with Crippen LogP contribution in [0.15, 0.2) is 35.9 Å². The van der Waals surface area contributed by atoms with E-state index in [9.17, 15) is 9.18 Å². The predicted octanol–water partition coefficient (Wildman–Crippen LogP) is 3.90. The number of Topliss-reactive ketones (excluding diaryl/α,β-unsaturated/α-hetero) is 1. The van der Waals surface area contributed by atoms with Crippen molar-refractivity contribution >= 4 is 5.78 Å². The highest BCUT2D eigenvalue weighted by molar-refractivity contribution is 5.97. The van der Waals surface area contributed by atoms with E-state index in [0.717, 1.165) is 12.8 Å². The lowest BCUT2D eigenvalue weighted by Crippen LogP contribution is -2.03. The van der Waals surface area contributed by atoms with Crippen LogP contribution in [-0.2, 0) is 0 Å². The molecule has 0 radical (unpaired) electrons. The van der Waals surface area contributed by atoms with Crippen molar-refractivity contribution in [3.8, 4) is 0 Å². The number of hydrogen-bond donors (Lipinski definition) is 0. The van der Waals surface area contributed by atoms with Crippen LogP contribution in [0.2, 0.25) is 0 Å². The van der Waals surface area contributed by atoms with Crippen LogP contribution in [-0.4, -0.2) is 5.78 Å². The Morgan fingerprint density at radius 2 is 2.19 bits per heavy atom. The van der Waals surface area contributed by atoms with Crippen molar-refractivity contribution in [1.82, 2.24) is 0 Å². The van der Waals surface area contributed by atoms with Gasteiger partial charge >= 0.3 is 0 Å². The number of rotatable bonds is 3. The largest absolute Gasteiger partial charge is 0.294 e. The van der Waals surface area contributed by atoms with Gasteiger partial charge in [0.25, 0.3) is 0 Å². The first-order chi connectivity index (χ1) is 7.75. The number of carbonyl (C=O) groups is 1. The molecule has 0 aliphatic heterocycles. The molecular weight excluding hydrogens is 203 g/mol. The molecule has 1 aromatic rings. The van der Waals surface area contributed by atoms with Gasteiger partial charge in [0.15, 0.2) is 5.78 Å². The maximum absolute atomic E-state index is 12.9. The molecule has 1 aliphatic rings. The molecular formula is C14H15FO. The van der Waals surface area contributed by atoms with Gasteiger partial charge in [-0.2, -0.15) is 0 Å². The topological polar surface area (TPSA) is 17.1 Å². The van der Waals surface area contributed by atoms with Gasteiger partial charge in [0, 0.05) is 12.0 Å². The summed E-state index contributed by atoms with van der Waals surface area (Å²) in [7, 11) is 0. The van der Waals surface area contributed by atoms with Gasteiger partial charge in [-0.3, -0.25) is 4.79 Å². The van der Waals surface area contributed by atoms with E-state index in [-0.39, 0.29) is 11.6 Å². The van der Waals surface area contributed by atoms with Crippen molar-refractivity contribution in [2.24, 2.45) is 0 Å². The predicted molar refractivity (Wildman–Crippen MR) is 61.9 cm³/mol. The zero-order chi connectivity index (χ0) is 11.4. The molecule has 0 N–H and O–H groups in total. The van der Waals surface area contributed by atoms with Crippen molar-refractivity contribution in [3.63, 3.8) is 0 Å². The summed E-state index contributed by atoms with van der Waals surface area (Å²) in [5, 5.41) is 0. The van der Waals surface area contributed by atoms with Crippen molar-refractivity contribution in [3.05, 3.63) is 47.3 Å². The Bertz CT molecular complexity index is 420. The molecule has 0 spiro atoms. The Kier molecular flexibility index (Phi) is 3.50. The Labute approximate surface area is 95.0 Å². The number of benzene rings is 1. The van der Waals surface area contributed by atoms with Crippen LogP contribution in [0.1, 0.15) is 42.5 Å². The first kappa shape index (κ1) is 11.1. The van der Waals surface area contributed by atoms with Gasteiger partial charge in [-0.15, -0.1) is 0 Å². The SMILES string of the molecule is O=C(CC1=CCCCC1)c1cccc(F)c1. The van der Waals surface area contributed by atoms with Crippen molar-refractivity contribution in [1.29, 1.82) is 0 Å². The van der Waals surface area contributed by atoms with E-state index in [2.05, 4.69) is 6.08 Å². The molecule has 0 heterocycles. The highest BCUT2D eigenvalue weighted by atomic mass is 19.1. The molecule has 0 aromatic heterocycles. The quantitative estimate of drug-likeness (QED) is 0.555. The molecule has 1 nitrogen and oxygen atoms in total. The molecule has 0 saturated heterocycles. The molecule has 0 unspecified atom stereocenters. The first-order valence-electron chi connectivity index (χ1n) is 5.72. The second-order valence-electron chi connectivity index (χ2n) is 4.22. The summed E-state index contributed by atoms with van der Waals surface area (Å²) < 4.78 is 12.9. The van der Waals surface area contributed by atoms with Crippen LogP contribution in [0.5, 0.6) is 0 Å². The van der Waals surface area contributed by atoms with Crippen molar-refractivity contribution in [2.45, 2.75) is 32.1 Å². The van der Waals surface area contributed by atoms with E-state index in [0.29, 0.717) is 12.0 Å². The summed E-state index contributed by atoms with van der Waals surface area (Å²) in [6.45, 7) is 0. The second-order valence-corrected chi connectivity index (χ2v) is 4.22. The lowest BCUT2D eigenvalue weighted by molar-refractivity contribution is 0.0991. The molecule has 1 aromatic carbocycles. The van der Waals surface area contributed by atoms with Crippen LogP contribution in [0, 0.1) is 5.82 Å². The molecule has 84 valence electrons. The molecule has 2 rings (SSSR count). The molecule has 16 heavy (non-hydrogen) atoms. The fourth-order valence-electron chi connectivity index (χ4n) is 2.04. The Morgan fingerprint density at radius 1 is 1.31 bits per heavy atom. The average Bonchev–Trinajstić information content (AvgIpc) is 2.30. The summed E-state index contributed by atoms with van der Waals surface area (Å²) in [6.07, 6.45) is 7.08. The lowest BCUT2D eigenvalue weighted by atomic mass is 9.94. The van der Waals surface area contributed by atoms with Gasteiger partial charge in [-0.05, 0) is 37.8 Å². The maximum Gasteiger partial charge on any atom is 0.166 e. The summed E-state index contributed by atoms with van der Waals surface area (Å²) >= 11 is 0. The van der Waals surface area contributed by atoms with Gasteiger partial charge in [0.2, 0.25) is 0 Å². The molecule has 2 heteroatoms. The van der Waals surface area contributed by atoms with E-state index < -0.39 is 0 Å². The fourth-order valence-corrected chi connectivity index (χ4v) is 2.04. The number of hydrogen-bond acceptors (Lipinski definition) is 1. The third-order valence-corrected chi connectivity index (χ3v) is 2.92. The number of allylic oxidation sites excluding steroid dienone is 2. The smallest absolute Gasteiger partial charge is 0.166 e. The summed E-state index contributed by atoms with van der Waals surface area (Å²) in [4.78, 5) is 11.9. The van der Waals surface area contributed by atoms with E-state index >= 15 is 0 Å². The number of ketones is 1. The molecule has 0 atom stereocenters. The summed E-state index contributed by atoms with van der Waals surface area (Å²) in [5.41, 5.74) is 1.69. The summed E-state index contributed by atoms with van der Waals surface area (Å²) in [6, 6.07) is 5.93. The zero-order valence-corrected chi connectivity index (χ0v) is 9.21. The highest BCUT2D eigenvalue weighted by Gasteiger charge is 2.11. The Morgan fingerprint density at radius 3 is 2.88 bits per heavy atom. The van der Waals surface area contributed by atoms with E-state index in [1.807, 2.05) is 0 Å². The number of halogens is 1. The fraction of sp³-hybridized carbons (Fsp3) is 0.357. The molecule has 0 bridgehead atoms. The molecule has 0 amide bonds. The van der Waals surface area contributed by atoms with Crippen LogP contribution >= 0.6 is 0 Å². The minimum absolute atomic E-state index is 0.0210. The Balaban J connectivity index is 2.05. The lowest BCUT2D eigenvalue weighted by Gasteiger charge is -2.11. The molecule has 0 saturated carbocycles. The average molecular weight is 218 g/mol. The van der Waals surface area contributed by atoms with E-state index in [1.165, 1.54) is 30.5 Å². The van der Waals surface area contributed by atoms with Crippen LogP contribution < -0.4 is 0 Å². The number of carbonyl (C=O) groups excluding carboxylic acids is 1. The minimum Gasteiger partial charge on any atom is -0.294 e. The first-order valence-corrected chi connectivity index (χ1v) is 5.72. The molecule has 0 fully saturated rings. The Hall–Kier alpha value is -1.44. The normalized spacial score (nSPS) is 15.7. The monoisotopic (exact) mass is 218 g/mol. The van der Waals surface area contributed by atoms with Gasteiger partial charge in [-0.1, -0.05) is 23.8 Å². The van der Waals surface area contributed by atoms with Crippen LogP contribution in [0.4, 0.5) is 4.39 Å². The van der Waals surface area contributed by atoms with Crippen molar-refractivity contribution in [2.75, 3.05) is 0 Å². The third-order valence-electron chi connectivity index (χ3n) is 2.92. The highest BCUT2D eigenvalue weighted by Crippen LogP contribution is 2.21. The van der Waals surface area contributed by atoms with E-state index in [4.69, 9.17) is 0 Å². The van der Waals surface area contributed by atoms with Crippen LogP contribution in [0.3, 0.4) is 0 Å². The zero-order valence-electron chi connectivity index (χ0n) is 9.21. The van der Waals surface area contributed by atoms with E-state index in [1.54, 1.807) is 12.1 Å².